The normalized spacial score (nSPS) is 17.8. The highest BCUT2D eigenvalue weighted by Crippen LogP contribution is 2.37. The van der Waals surface area contributed by atoms with Gasteiger partial charge in [-0.25, -0.2) is 9.78 Å². The average molecular weight is 371 g/mol. The second-order valence-electron chi connectivity index (χ2n) is 5.64. The van der Waals surface area contributed by atoms with Crippen molar-refractivity contribution in [2.45, 2.75) is 36.2 Å². The van der Waals surface area contributed by atoms with E-state index in [2.05, 4.69) is 20.5 Å². The summed E-state index contributed by atoms with van der Waals surface area (Å²) in [5.74, 6) is 1.21. The molecule has 0 unspecified atom stereocenters. The van der Waals surface area contributed by atoms with Gasteiger partial charge in [-0.05, 0) is 49.7 Å². The van der Waals surface area contributed by atoms with Crippen LogP contribution >= 0.6 is 11.8 Å². The minimum atomic E-state index is -4.37. The highest BCUT2D eigenvalue weighted by Gasteiger charge is 2.33. The van der Waals surface area contributed by atoms with E-state index in [0.717, 1.165) is 12.8 Å². The summed E-state index contributed by atoms with van der Waals surface area (Å²) < 4.78 is 37.4. The summed E-state index contributed by atoms with van der Waals surface area (Å²) in [5, 5.41) is 9.52. The monoisotopic (exact) mass is 371 g/mol. The number of hydrogen-bond donors (Lipinski definition) is 2. The van der Waals surface area contributed by atoms with Crippen LogP contribution in [0.25, 0.3) is 0 Å². The Labute approximate surface area is 146 Å². The number of alkyl halides is 3. The summed E-state index contributed by atoms with van der Waals surface area (Å²) in [6.45, 7) is 2.32. The number of anilines is 1. The highest BCUT2D eigenvalue weighted by atomic mass is 32.2. The number of likely N-dealkylation sites (tertiary alicyclic amines) is 1. The number of carbonyl (C=O) groups is 1. The molecule has 2 amide bonds. The van der Waals surface area contributed by atoms with E-state index in [1.54, 1.807) is 17.9 Å². The number of nitrogens with one attached hydrogen (secondary N) is 2. The Hall–Kier alpha value is -2.23. The second-order valence-corrected chi connectivity index (χ2v) is 6.77. The van der Waals surface area contributed by atoms with Gasteiger partial charge in [-0.2, -0.15) is 18.3 Å². The molecular weight excluding hydrogens is 355 g/mol. The number of benzene rings is 1. The predicted molar refractivity (Wildman–Crippen MR) is 87.2 cm³/mol. The van der Waals surface area contributed by atoms with Gasteiger partial charge in [0.25, 0.3) is 0 Å². The van der Waals surface area contributed by atoms with Gasteiger partial charge in [0.05, 0.1) is 6.04 Å². The van der Waals surface area contributed by atoms with Crippen molar-refractivity contribution in [3.63, 3.8) is 0 Å². The maximum Gasteiger partial charge on any atom is 0.446 e. The number of aryl methyl sites for hydroxylation is 1. The average Bonchev–Trinajstić information content (AvgIpc) is 3.14. The maximum absolute atomic E-state index is 12.5. The summed E-state index contributed by atoms with van der Waals surface area (Å²) in [6.07, 6.45) is 1.56. The van der Waals surface area contributed by atoms with Crippen molar-refractivity contribution < 1.29 is 18.0 Å². The molecule has 0 saturated carbocycles. The summed E-state index contributed by atoms with van der Waals surface area (Å²) in [6, 6.07) is 5.07. The van der Waals surface area contributed by atoms with Crippen LogP contribution in [0.4, 0.5) is 23.7 Å². The molecule has 1 aliphatic heterocycles. The van der Waals surface area contributed by atoms with Crippen molar-refractivity contribution >= 4 is 23.5 Å². The molecule has 1 fully saturated rings. The van der Waals surface area contributed by atoms with Crippen molar-refractivity contribution in [3.05, 3.63) is 35.9 Å². The molecule has 25 heavy (non-hydrogen) atoms. The van der Waals surface area contributed by atoms with Gasteiger partial charge in [-0.1, -0.05) is 6.07 Å². The molecule has 1 aromatic heterocycles. The summed E-state index contributed by atoms with van der Waals surface area (Å²) in [5.41, 5.74) is -4.05. The Kier molecular flexibility index (Phi) is 4.89. The Balaban J connectivity index is 1.70. The van der Waals surface area contributed by atoms with Crippen LogP contribution in [0, 0.1) is 6.92 Å². The number of aromatic amines is 1. The number of carbonyl (C=O) groups excluding carboxylic acids is 1. The molecule has 10 heteroatoms. The van der Waals surface area contributed by atoms with Gasteiger partial charge >= 0.3 is 11.5 Å². The van der Waals surface area contributed by atoms with Gasteiger partial charge < -0.3 is 10.2 Å². The first-order valence-electron chi connectivity index (χ1n) is 7.64. The number of halogens is 3. The Morgan fingerprint density at radius 1 is 1.44 bits per heavy atom. The van der Waals surface area contributed by atoms with Gasteiger partial charge in [0.1, 0.15) is 5.82 Å². The van der Waals surface area contributed by atoms with Crippen LogP contribution < -0.4 is 5.32 Å². The van der Waals surface area contributed by atoms with E-state index in [-0.39, 0.29) is 28.7 Å². The molecule has 1 aromatic carbocycles. The molecule has 1 saturated heterocycles. The third-order valence-corrected chi connectivity index (χ3v) is 4.47. The minimum absolute atomic E-state index is 0.0212. The fraction of sp³-hybridized carbons (Fsp3) is 0.400. The molecule has 2 N–H and O–H groups in total. The Bertz CT molecular complexity index is 764. The van der Waals surface area contributed by atoms with Crippen LogP contribution in [0.5, 0.6) is 0 Å². The zero-order chi connectivity index (χ0) is 18.0. The van der Waals surface area contributed by atoms with Crippen LogP contribution in [-0.4, -0.2) is 38.2 Å². The van der Waals surface area contributed by atoms with Crippen LogP contribution in [0.2, 0.25) is 0 Å². The standard InChI is InChI=1S/C15H16F3N5OS/c1-9-19-13(22-21-9)12-6-3-7-23(12)14(24)20-10-4-2-5-11(8-10)25-15(16,17)18/h2,4-5,8,12H,3,6-7H2,1H3,(H,20,24)(H,19,21,22)/t12-/m0/s1. The molecular formula is C15H16F3N5OS. The minimum Gasteiger partial charge on any atom is -0.314 e. The zero-order valence-corrected chi connectivity index (χ0v) is 14.1. The molecule has 0 bridgehead atoms. The van der Waals surface area contributed by atoms with Gasteiger partial charge in [0.2, 0.25) is 0 Å². The summed E-state index contributed by atoms with van der Waals surface area (Å²) in [7, 11) is 0. The molecule has 1 aliphatic rings. The number of hydrogen-bond acceptors (Lipinski definition) is 4. The molecule has 1 atom stereocenters. The molecule has 3 rings (SSSR count). The molecule has 134 valence electrons. The molecule has 2 heterocycles. The van der Waals surface area contributed by atoms with E-state index in [1.807, 2.05) is 0 Å². The van der Waals surface area contributed by atoms with Gasteiger partial charge in [0, 0.05) is 17.1 Å². The van der Waals surface area contributed by atoms with Gasteiger partial charge in [-0.15, -0.1) is 0 Å². The Morgan fingerprint density at radius 3 is 2.92 bits per heavy atom. The van der Waals surface area contributed by atoms with E-state index < -0.39 is 5.51 Å². The number of nitrogens with zero attached hydrogens (tertiary/aromatic N) is 3. The van der Waals surface area contributed by atoms with E-state index in [1.165, 1.54) is 18.2 Å². The summed E-state index contributed by atoms with van der Waals surface area (Å²) >= 11 is -0.215. The van der Waals surface area contributed by atoms with Crippen LogP contribution in [0.1, 0.15) is 30.5 Å². The first kappa shape index (κ1) is 17.6. The molecule has 0 aliphatic carbocycles. The summed E-state index contributed by atoms with van der Waals surface area (Å²) in [4.78, 5) is 18.4. The molecule has 0 radical (unpaired) electrons. The lowest BCUT2D eigenvalue weighted by molar-refractivity contribution is -0.0328. The van der Waals surface area contributed by atoms with E-state index >= 15 is 0 Å². The lowest BCUT2D eigenvalue weighted by Crippen LogP contribution is -2.34. The smallest absolute Gasteiger partial charge is 0.314 e. The number of thioether (sulfide) groups is 1. The SMILES string of the molecule is Cc1nc([C@@H]2CCCN2C(=O)Nc2cccc(SC(F)(F)F)c2)n[nH]1. The fourth-order valence-electron chi connectivity index (χ4n) is 2.75. The third-order valence-electron chi connectivity index (χ3n) is 3.75. The lowest BCUT2D eigenvalue weighted by Gasteiger charge is -2.23. The second kappa shape index (κ2) is 6.95. The van der Waals surface area contributed by atoms with Crippen molar-refractivity contribution in [2.24, 2.45) is 0 Å². The number of H-pyrrole nitrogens is 1. The Morgan fingerprint density at radius 2 is 2.24 bits per heavy atom. The largest absolute Gasteiger partial charge is 0.446 e. The van der Waals surface area contributed by atoms with Crippen LogP contribution in [0.3, 0.4) is 0 Å². The van der Waals surface area contributed by atoms with Crippen molar-refractivity contribution in [1.82, 2.24) is 20.1 Å². The maximum atomic E-state index is 12.5. The first-order valence-corrected chi connectivity index (χ1v) is 8.46. The topological polar surface area (TPSA) is 73.9 Å². The van der Waals surface area contributed by atoms with Crippen molar-refractivity contribution in [3.8, 4) is 0 Å². The van der Waals surface area contributed by atoms with Crippen molar-refractivity contribution in [1.29, 1.82) is 0 Å². The van der Waals surface area contributed by atoms with Crippen LogP contribution in [-0.2, 0) is 0 Å². The van der Waals surface area contributed by atoms with Gasteiger partial charge in [-0.3, -0.25) is 5.10 Å². The van der Waals surface area contributed by atoms with E-state index in [9.17, 15) is 18.0 Å². The molecule has 6 nitrogen and oxygen atoms in total. The fourth-order valence-corrected chi connectivity index (χ4v) is 3.35. The highest BCUT2D eigenvalue weighted by molar-refractivity contribution is 8.00. The van der Waals surface area contributed by atoms with E-state index in [0.29, 0.717) is 23.9 Å². The third kappa shape index (κ3) is 4.44. The number of rotatable bonds is 3. The van der Waals surface area contributed by atoms with Gasteiger partial charge in [0.15, 0.2) is 5.82 Å². The lowest BCUT2D eigenvalue weighted by atomic mass is 10.2. The molecule has 2 aromatic rings. The number of amides is 2. The van der Waals surface area contributed by atoms with Crippen molar-refractivity contribution in [2.75, 3.05) is 11.9 Å². The first-order chi connectivity index (χ1) is 11.8. The number of urea groups is 1. The number of aromatic nitrogens is 3. The van der Waals surface area contributed by atoms with E-state index in [4.69, 9.17) is 0 Å². The predicted octanol–water partition coefficient (Wildman–Crippen LogP) is 4.09. The molecule has 0 spiro atoms. The zero-order valence-electron chi connectivity index (χ0n) is 13.3. The quantitative estimate of drug-likeness (QED) is 0.797. The van der Waals surface area contributed by atoms with Crippen LogP contribution in [0.15, 0.2) is 29.2 Å².